The van der Waals surface area contributed by atoms with Crippen molar-refractivity contribution in [1.82, 2.24) is 15.0 Å². The second kappa shape index (κ2) is 18.4. The van der Waals surface area contributed by atoms with E-state index in [2.05, 4.69) is 121 Å². The Bertz CT molecular complexity index is 1730. The van der Waals surface area contributed by atoms with Crippen molar-refractivity contribution >= 4 is 37.2 Å². The zero-order valence-corrected chi connectivity index (χ0v) is 32.1. The molecule has 2 aliphatic carbocycles. The van der Waals surface area contributed by atoms with Crippen molar-refractivity contribution in [2.24, 2.45) is 0 Å². The molecule has 0 saturated heterocycles. The Morgan fingerprint density at radius 2 is 1.16 bits per heavy atom. The molecule has 1 atom stereocenters. The molecule has 1 aromatic heterocycles. The van der Waals surface area contributed by atoms with E-state index < -0.39 is 15.8 Å². The van der Waals surface area contributed by atoms with Gasteiger partial charge in [0.15, 0.2) is 0 Å². The molecule has 0 spiro atoms. The summed E-state index contributed by atoms with van der Waals surface area (Å²) in [5.74, 6) is 0. The van der Waals surface area contributed by atoms with Crippen molar-refractivity contribution in [3.8, 4) is 11.3 Å². The summed E-state index contributed by atoms with van der Waals surface area (Å²) in [5.41, 5.74) is 6.77. The SMILES string of the molecule is C[C@@H](c1cc[cH-]c1P(c1ccccc1)c1ccccc1)n1nnc(-c2ccccc2)c1P(C1CCCCC1)C1CCCCC1.[Fe+2].c1cc[cH-]c1. The zero-order valence-electron chi connectivity index (χ0n) is 29.2. The average molecular weight is 738 g/mol. The topological polar surface area (TPSA) is 30.7 Å². The molecule has 6 aromatic rings. The molecule has 3 nitrogen and oxygen atoms in total. The van der Waals surface area contributed by atoms with Crippen LogP contribution in [-0.2, 0) is 17.1 Å². The smallest absolute Gasteiger partial charge is 0.250 e. The predicted octanol–water partition coefficient (Wildman–Crippen LogP) is 10.2. The molecule has 0 radical (unpaired) electrons. The molecule has 6 heteroatoms. The second-order valence-corrected chi connectivity index (χ2v) is 18.5. The van der Waals surface area contributed by atoms with E-state index in [1.807, 2.05) is 30.3 Å². The molecule has 2 aliphatic rings. The number of hydrogen-bond donors (Lipinski definition) is 0. The van der Waals surface area contributed by atoms with E-state index in [4.69, 9.17) is 10.3 Å². The molecule has 5 aromatic carbocycles. The maximum atomic E-state index is 5.09. The number of nitrogens with zero attached hydrogens (tertiary/aromatic N) is 3. The largest absolute Gasteiger partial charge is 2.00 e. The van der Waals surface area contributed by atoms with Crippen LogP contribution in [0.2, 0.25) is 0 Å². The monoisotopic (exact) mass is 737 g/mol. The van der Waals surface area contributed by atoms with Gasteiger partial charge in [0.1, 0.15) is 5.69 Å². The van der Waals surface area contributed by atoms with Gasteiger partial charge < -0.3 is 0 Å². The van der Waals surface area contributed by atoms with Crippen LogP contribution in [0.4, 0.5) is 0 Å². The number of hydrogen-bond acceptors (Lipinski definition) is 2. The van der Waals surface area contributed by atoms with Gasteiger partial charge in [-0.2, -0.15) is 35.9 Å². The van der Waals surface area contributed by atoms with E-state index in [1.54, 1.807) is 0 Å². The minimum absolute atomic E-state index is 0. The molecule has 8 rings (SSSR count). The maximum absolute atomic E-state index is 5.09. The standard InChI is InChI=1S/C39H44N3P2.C5H5.Fe/c1-30(36-28-17-29-37(36)43(32-20-9-3-10-21-32)33-22-11-4-12-23-33)42-39(38(40-41-42)31-18-7-2-8-19-31)44(34-24-13-5-14-25-34)35-26-15-6-16-27-35;1-2-4-5-3-1;/h2-4,7-12,17-23,28-30,34-35H,5-6,13-16,24-27H2,1H3;1-5H;/q2*-1;+2/t30-;;/m0../s1. The first-order valence-electron chi connectivity index (χ1n) is 18.4. The van der Waals surface area contributed by atoms with Gasteiger partial charge in [0.25, 0.3) is 0 Å². The van der Waals surface area contributed by atoms with Gasteiger partial charge in [-0.25, -0.2) is 22.9 Å². The van der Waals surface area contributed by atoms with Gasteiger partial charge in [0.2, 0.25) is 0 Å². The normalized spacial score (nSPS) is 16.1. The van der Waals surface area contributed by atoms with E-state index in [1.165, 1.54) is 96.7 Å². The first kappa shape index (κ1) is 36.7. The van der Waals surface area contributed by atoms with E-state index >= 15 is 0 Å². The van der Waals surface area contributed by atoms with Crippen LogP contribution in [0.25, 0.3) is 11.3 Å². The van der Waals surface area contributed by atoms with Crippen molar-refractivity contribution in [2.75, 3.05) is 0 Å². The van der Waals surface area contributed by atoms with E-state index in [0.29, 0.717) is 0 Å². The Hall–Kier alpha value is -3.12. The molecule has 258 valence electrons. The summed E-state index contributed by atoms with van der Waals surface area (Å²) in [6.07, 6.45) is 13.7. The molecule has 1 heterocycles. The van der Waals surface area contributed by atoms with E-state index in [-0.39, 0.29) is 23.1 Å². The Labute approximate surface area is 312 Å². The van der Waals surface area contributed by atoms with Crippen molar-refractivity contribution in [3.63, 3.8) is 0 Å². The fraction of sp³-hybridized carbons (Fsp3) is 0.318. The molecular weight excluding hydrogens is 688 g/mol. The van der Waals surface area contributed by atoms with Crippen LogP contribution in [0, 0.1) is 0 Å². The second-order valence-electron chi connectivity index (χ2n) is 13.6. The van der Waals surface area contributed by atoms with Gasteiger partial charge in [0, 0.05) is 11.6 Å². The van der Waals surface area contributed by atoms with E-state index in [9.17, 15) is 0 Å². The van der Waals surface area contributed by atoms with Gasteiger partial charge in [-0.3, -0.25) is 0 Å². The summed E-state index contributed by atoms with van der Waals surface area (Å²) >= 11 is 0. The van der Waals surface area contributed by atoms with Crippen LogP contribution in [0.5, 0.6) is 0 Å². The van der Waals surface area contributed by atoms with Gasteiger partial charge in [-0.1, -0.05) is 142 Å². The van der Waals surface area contributed by atoms with Crippen LogP contribution >= 0.6 is 15.8 Å². The summed E-state index contributed by atoms with van der Waals surface area (Å²) in [6, 6.07) is 50.2. The predicted molar refractivity (Wildman–Crippen MR) is 212 cm³/mol. The fourth-order valence-electron chi connectivity index (χ4n) is 7.95. The quantitative estimate of drug-likeness (QED) is 0.0841. The first-order valence-corrected chi connectivity index (χ1v) is 21.2. The van der Waals surface area contributed by atoms with Crippen LogP contribution in [0.1, 0.15) is 82.7 Å². The summed E-state index contributed by atoms with van der Waals surface area (Å²) in [6.45, 7) is 2.38. The summed E-state index contributed by atoms with van der Waals surface area (Å²) < 4.78 is 2.40. The van der Waals surface area contributed by atoms with Crippen molar-refractivity contribution in [3.05, 3.63) is 145 Å². The Morgan fingerprint density at radius 3 is 1.66 bits per heavy atom. The molecule has 0 bridgehead atoms. The van der Waals surface area contributed by atoms with Crippen molar-refractivity contribution in [2.45, 2.75) is 88.5 Å². The molecular formula is C44H49FeN3P2. The van der Waals surface area contributed by atoms with Crippen LogP contribution in [-0.4, -0.2) is 26.3 Å². The molecule has 0 unspecified atom stereocenters. The van der Waals surface area contributed by atoms with Crippen LogP contribution in [0.15, 0.2) is 140 Å². The molecule has 2 fully saturated rings. The average Bonchev–Trinajstić information content (AvgIpc) is 3.99. The third-order valence-corrected chi connectivity index (χ3v) is 16.4. The Balaban J connectivity index is 0.000000663. The van der Waals surface area contributed by atoms with Gasteiger partial charge in [-0.15, -0.1) is 10.4 Å². The van der Waals surface area contributed by atoms with Crippen molar-refractivity contribution in [1.29, 1.82) is 0 Å². The molecule has 0 N–H and O–H groups in total. The summed E-state index contributed by atoms with van der Waals surface area (Å²) in [4.78, 5) is 0. The van der Waals surface area contributed by atoms with Crippen LogP contribution in [0.3, 0.4) is 0 Å². The third-order valence-electron chi connectivity index (χ3n) is 10.4. The first-order chi connectivity index (χ1) is 24.3. The maximum Gasteiger partial charge on any atom is 2.00 e. The Kier molecular flexibility index (Phi) is 13.5. The van der Waals surface area contributed by atoms with Gasteiger partial charge in [-0.05, 0) is 63.5 Å². The number of rotatable bonds is 9. The van der Waals surface area contributed by atoms with Crippen molar-refractivity contribution < 1.29 is 17.1 Å². The minimum atomic E-state index is -0.695. The van der Waals surface area contributed by atoms with Gasteiger partial charge >= 0.3 is 17.1 Å². The van der Waals surface area contributed by atoms with E-state index in [0.717, 1.165) is 17.0 Å². The van der Waals surface area contributed by atoms with Crippen LogP contribution < -0.4 is 21.3 Å². The number of benzene rings is 3. The molecule has 0 aliphatic heterocycles. The van der Waals surface area contributed by atoms with Gasteiger partial charge in [0.05, 0.1) is 5.44 Å². The molecule has 2 saturated carbocycles. The summed E-state index contributed by atoms with van der Waals surface area (Å²) in [7, 11) is -1.09. The zero-order chi connectivity index (χ0) is 33.3. The third kappa shape index (κ3) is 8.49. The minimum Gasteiger partial charge on any atom is -0.250 e. The Morgan fingerprint density at radius 1 is 0.640 bits per heavy atom. The molecule has 50 heavy (non-hydrogen) atoms. The summed E-state index contributed by atoms with van der Waals surface area (Å²) in [5, 5.41) is 14.4. The number of aromatic nitrogens is 3. The fourth-order valence-corrected chi connectivity index (χ4v) is 14.5. The molecule has 0 amide bonds.